The summed E-state index contributed by atoms with van der Waals surface area (Å²) in [6, 6.07) is 0. The van der Waals surface area contributed by atoms with Crippen LogP contribution < -0.4 is 0 Å². The van der Waals surface area contributed by atoms with Crippen LogP contribution >= 0.6 is 0 Å². The highest BCUT2D eigenvalue weighted by Gasteiger charge is 2.19. The van der Waals surface area contributed by atoms with E-state index in [1.54, 1.807) is 0 Å². The van der Waals surface area contributed by atoms with Crippen molar-refractivity contribution in [2.45, 2.75) is 46.0 Å². The molecule has 0 amide bonds. The van der Waals surface area contributed by atoms with E-state index in [-0.39, 0.29) is 5.41 Å². The van der Waals surface area contributed by atoms with Gasteiger partial charge in [0.15, 0.2) is 0 Å². The summed E-state index contributed by atoms with van der Waals surface area (Å²) in [6.45, 7) is 8.79. The molecule has 0 N–H and O–H groups in total. The maximum Gasteiger partial charge on any atom is -0.0113 e. The number of allylic oxidation sites excluding steroid dienone is 5. The summed E-state index contributed by atoms with van der Waals surface area (Å²) in [5.41, 5.74) is 1.66. The highest BCUT2D eigenvalue weighted by Crippen LogP contribution is 2.32. The van der Waals surface area contributed by atoms with Gasteiger partial charge in [0.05, 0.1) is 0 Å². The van der Waals surface area contributed by atoms with Crippen molar-refractivity contribution in [3.8, 4) is 0 Å². The van der Waals surface area contributed by atoms with E-state index < -0.39 is 0 Å². The first kappa shape index (κ1) is 11.3. The molecule has 0 unspecified atom stereocenters. The number of hydrogen-bond acceptors (Lipinski definition) is 0. The van der Waals surface area contributed by atoms with Gasteiger partial charge in [-0.05, 0) is 37.5 Å². The topological polar surface area (TPSA) is 0 Å². The third-order valence-corrected chi connectivity index (χ3v) is 3.03. The van der Waals surface area contributed by atoms with Gasteiger partial charge >= 0.3 is 0 Å². The van der Waals surface area contributed by atoms with Gasteiger partial charge in [0, 0.05) is 0 Å². The molecule has 0 aromatic rings. The summed E-state index contributed by atoms with van der Waals surface area (Å²) in [7, 11) is 0. The summed E-state index contributed by atoms with van der Waals surface area (Å²) >= 11 is 0. The summed E-state index contributed by atoms with van der Waals surface area (Å²) in [4.78, 5) is 0. The summed E-state index contributed by atoms with van der Waals surface area (Å²) < 4.78 is 0. The third kappa shape index (κ3) is 3.53. The molecule has 0 nitrogen and oxygen atoms in total. The van der Waals surface area contributed by atoms with Gasteiger partial charge in [0.25, 0.3) is 0 Å². The molecular formula is C14H22. The van der Waals surface area contributed by atoms with Gasteiger partial charge in [0.1, 0.15) is 0 Å². The lowest BCUT2D eigenvalue weighted by molar-refractivity contribution is 0.438. The Labute approximate surface area is 88.4 Å². The molecule has 14 heavy (non-hydrogen) atoms. The predicted molar refractivity (Wildman–Crippen MR) is 64.3 cm³/mol. The first-order valence-corrected chi connectivity index (χ1v) is 5.61. The second kappa shape index (κ2) is 5.19. The van der Waals surface area contributed by atoms with Gasteiger partial charge in [-0.3, -0.25) is 0 Å². The van der Waals surface area contributed by atoms with Gasteiger partial charge in [-0.2, -0.15) is 0 Å². The van der Waals surface area contributed by atoms with Crippen LogP contribution in [0, 0.1) is 5.41 Å². The number of hydrogen-bond donors (Lipinski definition) is 0. The monoisotopic (exact) mass is 190 g/mol. The van der Waals surface area contributed by atoms with Gasteiger partial charge in [-0.1, -0.05) is 50.3 Å². The van der Waals surface area contributed by atoms with Crippen LogP contribution in [0.3, 0.4) is 0 Å². The molecule has 0 aromatic heterocycles. The molecule has 0 atom stereocenters. The lowest BCUT2D eigenvalue weighted by Gasteiger charge is -2.25. The van der Waals surface area contributed by atoms with Crippen molar-refractivity contribution in [2.24, 2.45) is 5.41 Å². The zero-order valence-electron chi connectivity index (χ0n) is 9.55. The first-order valence-electron chi connectivity index (χ1n) is 5.61. The standard InChI is InChI=1S/C14H22/c1-13-11-9-7-5-4-6-8-10-12-14(13,2)3/h5,7-8,10H,1,4,6,9,11-12H2,2-3H3. The van der Waals surface area contributed by atoms with Crippen molar-refractivity contribution in [1.29, 1.82) is 0 Å². The van der Waals surface area contributed by atoms with Crippen molar-refractivity contribution >= 4 is 0 Å². The molecule has 1 aliphatic carbocycles. The summed E-state index contributed by atoms with van der Waals surface area (Å²) in [5, 5.41) is 0. The van der Waals surface area contributed by atoms with Crippen molar-refractivity contribution in [3.05, 3.63) is 36.5 Å². The largest absolute Gasteiger partial charge is 0.0993 e. The van der Waals surface area contributed by atoms with Crippen LogP contribution in [0.2, 0.25) is 0 Å². The Morgan fingerprint density at radius 1 is 1.00 bits per heavy atom. The highest BCUT2D eigenvalue weighted by atomic mass is 14.2. The molecular weight excluding hydrogens is 168 g/mol. The lowest BCUT2D eigenvalue weighted by Crippen LogP contribution is -2.12. The molecule has 0 fully saturated rings. The van der Waals surface area contributed by atoms with Crippen LogP contribution in [0.1, 0.15) is 46.0 Å². The molecule has 0 saturated heterocycles. The van der Waals surface area contributed by atoms with Gasteiger partial charge < -0.3 is 0 Å². The molecule has 0 bridgehead atoms. The van der Waals surface area contributed by atoms with E-state index in [0.29, 0.717) is 0 Å². The first-order chi connectivity index (χ1) is 6.63. The second-order valence-electron chi connectivity index (χ2n) is 4.75. The smallest absolute Gasteiger partial charge is 0.0113 e. The van der Waals surface area contributed by atoms with Crippen molar-refractivity contribution < 1.29 is 0 Å². The Kier molecular flexibility index (Phi) is 4.19. The van der Waals surface area contributed by atoms with E-state index in [1.165, 1.54) is 18.4 Å². The molecule has 0 aliphatic heterocycles. The molecule has 0 heteroatoms. The Morgan fingerprint density at radius 2 is 1.57 bits per heavy atom. The quantitative estimate of drug-likeness (QED) is 0.488. The fraction of sp³-hybridized carbons (Fsp3) is 0.571. The lowest BCUT2D eigenvalue weighted by atomic mass is 9.80. The maximum absolute atomic E-state index is 4.20. The van der Waals surface area contributed by atoms with Gasteiger partial charge in [0.2, 0.25) is 0 Å². The zero-order valence-corrected chi connectivity index (χ0v) is 9.55. The van der Waals surface area contributed by atoms with E-state index in [2.05, 4.69) is 44.7 Å². The van der Waals surface area contributed by atoms with Crippen LogP contribution in [0.15, 0.2) is 36.5 Å². The van der Waals surface area contributed by atoms with E-state index in [9.17, 15) is 0 Å². The van der Waals surface area contributed by atoms with Crippen molar-refractivity contribution in [2.75, 3.05) is 0 Å². The molecule has 1 aliphatic rings. The molecule has 78 valence electrons. The predicted octanol–water partition coefficient (Wildman–Crippen LogP) is 4.65. The Bertz CT molecular complexity index is 241. The Balaban J connectivity index is 2.65. The fourth-order valence-electron chi connectivity index (χ4n) is 1.66. The fourth-order valence-corrected chi connectivity index (χ4v) is 1.66. The molecule has 1 rings (SSSR count). The van der Waals surface area contributed by atoms with E-state index in [1.807, 2.05) is 0 Å². The van der Waals surface area contributed by atoms with Crippen molar-refractivity contribution in [1.82, 2.24) is 0 Å². The average molecular weight is 190 g/mol. The summed E-state index contributed by atoms with van der Waals surface area (Å²) in [6.07, 6.45) is 15.0. The molecule has 0 heterocycles. The minimum Gasteiger partial charge on any atom is -0.0993 e. The Hall–Kier alpha value is -0.780. The third-order valence-electron chi connectivity index (χ3n) is 3.03. The van der Waals surface area contributed by atoms with Crippen LogP contribution in [0.25, 0.3) is 0 Å². The molecule has 0 spiro atoms. The van der Waals surface area contributed by atoms with Gasteiger partial charge in [-0.15, -0.1) is 0 Å². The SMILES string of the molecule is C=C1CCC=CCCC=CCC1(C)C. The van der Waals surface area contributed by atoms with E-state index in [0.717, 1.165) is 19.3 Å². The van der Waals surface area contributed by atoms with Crippen LogP contribution in [0.5, 0.6) is 0 Å². The maximum atomic E-state index is 4.20. The minimum atomic E-state index is 0.272. The van der Waals surface area contributed by atoms with E-state index in [4.69, 9.17) is 0 Å². The van der Waals surface area contributed by atoms with Crippen LogP contribution in [-0.2, 0) is 0 Å². The molecule has 0 saturated carbocycles. The number of rotatable bonds is 0. The summed E-state index contributed by atoms with van der Waals surface area (Å²) in [5.74, 6) is 0. The zero-order chi connectivity index (χ0) is 10.4. The normalized spacial score (nSPS) is 23.1. The second-order valence-corrected chi connectivity index (χ2v) is 4.75. The molecule has 0 radical (unpaired) electrons. The van der Waals surface area contributed by atoms with Crippen LogP contribution in [-0.4, -0.2) is 0 Å². The molecule has 0 aromatic carbocycles. The minimum absolute atomic E-state index is 0.272. The van der Waals surface area contributed by atoms with E-state index >= 15 is 0 Å². The van der Waals surface area contributed by atoms with Gasteiger partial charge in [-0.25, -0.2) is 0 Å². The highest BCUT2D eigenvalue weighted by molar-refractivity contribution is 5.11. The van der Waals surface area contributed by atoms with Crippen LogP contribution in [0.4, 0.5) is 0 Å². The average Bonchev–Trinajstić information content (AvgIpc) is 2.16. The Morgan fingerprint density at radius 3 is 2.29 bits per heavy atom. The van der Waals surface area contributed by atoms with Crippen molar-refractivity contribution in [3.63, 3.8) is 0 Å².